The van der Waals surface area contributed by atoms with Crippen molar-refractivity contribution in [1.82, 2.24) is 9.97 Å². The molecule has 0 aliphatic heterocycles. The average molecular weight is 324 g/mol. The predicted molar refractivity (Wildman–Crippen MR) is 62.3 cm³/mol. The molecule has 1 rings (SSSR count). The van der Waals surface area contributed by atoms with Crippen molar-refractivity contribution in [3.05, 3.63) is 16.1 Å². The SMILES string of the molecule is CC(CSc1ncncc1I)C(=O)O. The van der Waals surface area contributed by atoms with E-state index in [1.54, 1.807) is 13.1 Å². The lowest BCUT2D eigenvalue weighted by atomic mass is 10.2. The van der Waals surface area contributed by atoms with Crippen LogP contribution in [0.1, 0.15) is 6.92 Å². The summed E-state index contributed by atoms with van der Waals surface area (Å²) in [6, 6.07) is 0. The summed E-state index contributed by atoms with van der Waals surface area (Å²) in [6.07, 6.45) is 3.18. The van der Waals surface area contributed by atoms with Gasteiger partial charge in [-0.25, -0.2) is 9.97 Å². The van der Waals surface area contributed by atoms with Crippen LogP contribution in [0.4, 0.5) is 0 Å². The Morgan fingerprint density at radius 1 is 1.79 bits per heavy atom. The summed E-state index contributed by atoms with van der Waals surface area (Å²) in [7, 11) is 0. The van der Waals surface area contributed by atoms with E-state index in [0.717, 1.165) is 8.60 Å². The van der Waals surface area contributed by atoms with Crippen LogP contribution in [0.5, 0.6) is 0 Å². The Hall–Kier alpha value is -0.370. The van der Waals surface area contributed by atoms with E-state index in [1.165, 1.54) is 18.1 Å². The van der Waals surface area contributed by atoms with Crippen molar-refractivity contribution in [3.63, 3.8) is 0 Å². The summed E-state index contributed by atoms with van der Waals surface area (Å²) in [5.74, 6) is -0.602. The third-order valence-electron chi connectivity index (χ3n) is 1.53. The number of halogens is 1. The summed E-state index contributed by atoms with van der Waals surface area (Å²) >= 11 is 3.58. The highest BCUT2D eigenvalue weighted by molar-refractivity contribution is 14.1. The molecular weight excluding hydrogens is 315 g/mol. The molecule has 0 aliphatic rings. The molecule has 0 radical (unpaired) electrons. The van der Waals surface area contributed by atoms with Gasteiger partial charge in [0.05, 0.1) is 9.49 Å². The van der Waals surface area contributed by atoms with Gasteiger partial charge >= 0.3 is 5.97 Å². The second kappa shape index (κ2) is 5.50. The number of carboxylic acids is 1. The lowest BCUT2D eigenvalue weighted by Crippen LogP contribution is -2.11. The van der Waals surface area contributed by atoms with Crippen LogP contribution in [-0.2, 0) is 4.79 Å². The summed E-state index contributed by atoms with van der Waals surface area (Å²) in [5.41, 5.74) is 0. The Balaban J connectivity index is 2.54. The van der Waals surface area contributed by atoms with Gasteiger partial charge in [0.2, 0.25) is 0 Å². The van der Waals surface area contributed by atoms with Crippen molar-refractivity contribution in [3.8, 4) is 0 Å². The summed E-state index contributed by atoms with van der Waals surface area (Å²) in [4.78, 5) is 18.5. The third-order valence-corrected chi connectivity index (χ3v) is 3.95. The lowest BCUT2D eigenvalue weighted by molar-refractivity contribution is -0.140. The van der Waals surface area contributed by atoms with E-state index in [4.69, 9.17) is 5.11 Å². The van der Waals surface area contributed by atoms with Gasteiger partial charge in [-0.15, -0.1) is 11.8 Å². The largest absolute Gasteiger partial charge is 0.481 e. The Bertz CT molecular complexity index is 335. The van der Waals surface area contributed by atoms with Gasteiger partial charge < -0.3 is 5.11 Å². The van der Waals surface area contributed by atoms with Crippen LogP contribution in [0.15, 0.2) is 17.6 Å². The first kappa shape index (κ1) is 11.7. The molecular formula is C8H9IN2O2S. The van der Waals surface area contributed by atoms with Gasteiger partial charge in [-0.2, -0.15) is 0 Å². The summed E-state index contributed by atoms with van der Waals surface area (Å²) in [6.45, 7) is 1.68. The van der Waals surface area contributed by atoms with Crippen LogP contribution in [0.2, 0.25) is 0 Å². The molecule has 1 heterocycles. The first-order chi connectivity index (χ1) is 6.61. The van der Waals surface area contributed by atoms with Crippen molar-refractivity contribution in [2.45, 2.75) is 11.9 Å². The number of carbonyl (C=O) groups is 1. The van der Waals surface area contributed by atoms with Crippen LogP contribution in [0.3, 0.4) is 0 Å². The van der Waals surface area contributed by atoms with Crippen LogP contribution < -0.4 is 0 Å². The van der Waals surface area contributed by atoms with Crippen LogP contribution >= 0.6 is 34.4 Å². The minimum atomic E-state index is -0.776. The molecule has 0 amide bonds. The van der Waals surface area contributed by atoms with Gasteiger partial charge in [0.1, 0.15) is 11.4 Å². The fraction of sp³-hybridized carbons (Fsp3) is 0.375. The molecule has 0 aromatic carbocycles. The minimum absolute atomic E-state index is 0.356. The zero-order valence-corrected chi connectivity index (χ0v) is 10.4. The molecule has 0 fully saturated rings. The number of aliphatic carboxylic acids is 1. The normalized spacial score (nSPS) is 12.4. The average Bonchev–Trinajstić information content (AvgIpc) is 2.16. The Kier molecular flexibility index (Phi) is 4.59. The second-order valence-corrected chi connectivity index (χ2v) is 4.90. The van der Waals surface area contributed by atoms with E-state index < -0.39 is 5.97 Å². The summed E-state index contributed by atoms with van der Waals surface area (Å²) < 4.78 is 0.952. The highest BCUT2D eigenvalue weighted by Crippen LogP contribution is 2.22. The fourth-order valence-corrected chi connectivity index (χ4v) is 2.31. The molecule has 4 nitrogen and oxygen atoms in total. The van der Waals surface area contributed by atoms with E-state index in [9.17, 15) is 4.79 Å². The second-order valence-electron chi connectivity index (χ2n) is 2.73. The molecule has 0 saturated carbocycles. The van der Waals surface area contributed by atoms with E-state index in [1.807, 2.05) is 0 Å². The van der Waals surface area contributed by atoms with Crippen molar-refractivity contribution in [2.24, 2.45) is 5.92 Å². The number of nitrogens with zero attached hydrogens (tertiary/aromatic N) is 2. The maximum Gasteiger partial charge on any atom is 0.307 e. The number of rotatable bonds is 4. The van der Waals surface area contributed by atoms with Crippen molar-refractivity contribution < 1.29 is 9.90 Å². The van der Waals surface area contributed by atoms with Crippen molar-refractivity contribution >= 4 is 40.3 Å². The number of aromatic nitrogens is 2. The smallest absolute Gasteiger partial charge is 0.307 e. The maximum absolute atomic E-state index is 10.6. The molecule has 76 valence electrons. The number of thioether (sulfide) groups is 1. The zero-order valence-electron chi connectivity index (χ0n) is 7.48. The highest BCUT2D eigenvalue weighted by Gasteiger charge is 2.12. The van der Waals surface area contributed by atoms with Crippen LogP contribution in [0, 0.1) is 9.49 Å². The third kappa shape index (κ3) is 3.41. The van der Waals surface area contributed by atoms with E-state index in [-0.39, 0.29) is 5.92 Å². The standard InChI is InChI=1S/C8H9IN2O2S/c1-5(8(12)13)3-14-7-6(9)2-10-4-11-7/h2,4-5H,3H2,1H3,(H,12,13). The quantitative estimate of drug-likeness (QED) is 0.521. The minimum Gasteiger partial charge on any atom is -0.481 e. The topological polar surface area (TPSA) is 63.1 Å². The molecule has 14 heavy (non-hydrogen) atoms. The van der Waals surface area contributed by atoms with Gasteiger partial charge in [-0.05, 0) is 22.6 Å². The zero-order chi connectivity index (χ0) is 10.6. The molecule has 0 aliphatic carbocycles. The van der Waals surface area contributed by atoms with Crippen LogP contribution in [0.25, 0.3) is 0 Å². The molecule has 0 spiro atoms. The fourth-order valence-electron chi connectivity index (χ4n) is 0.683. The Labute approximate surface area is 99.7 Å². The highest BCUT2D eigenvalue weighted by atomic mass is 127. The maximum atomic E-state index is 10.6. The monoisotopic (exact) mass is 324 g/mol. The first-order valence-corrected chi connectivity index (χ1v) is 5.99. The van der Waals surface area contributed by atoms with Gasteiger partial charge in [0.25, 0.3) is 0 Å². The summed E-state index contributed by atoms with van der Waals surface area (Å²) in [5, 5.41) is 9.52. The first-order valence-electron chi connectivity index (χ1n) is 3.92. The molecule has 0 bridgehead atoms. The van der Waals surface area contributed by atoms with Crippen molar-refractivity contribution in [2.75, 3.05) is 5.75 Å². The molecule has 6 heteroatoms. The molecule has 1 N–H and O–H groups in total. The number of carboxylic acid groups (broad SMARTS) is 1. The van der Waals surface area contributed by atoms with Crippen molar-refractivity contribution in [1.29, 1.82) is 0 Å². The van der Waals surface area contributed by atoms with E-state index in [0.29, 0.717) is 5.75 Å². The van der Waals surface area contributed by atoms with E-state index in [2.05, 4.69) is 32.6 Å². The van der Waals surface area contributed by atoms with Gasteiger partial charge in [-0.1, -0.05) is 6.92 Å². The molecule has 0 saturated heterocycles. The van der Waals surface area contributed by atoms with Gasteiger partial charge in [-0.3, -0.25) is 4.79 Å². The lowest BCUT2D eigenvalue weighted by Gasteiger charge is -2.05. The van der Waals surface area contributed by atoms with Crippen LogP contribution in [-0.4, -0.2) is 26.8 Å². The predicted octanol–water partition coefficient (Wildman–Crippen LogP) is 1.89. The van der Waals surface area contributed by atoms with Gasteiger partial charge in [0, 0.05) is 11.9 Å². The van der Waals surface area contributed by atoms with E-state index >= 15 is 0 Å². The van der Waals surface area contributed by atoms with Gasteiger partial charge in [0.15, 0.2) is 0 Å². The number of hydrogen-bond donors (Lipinski definition) is 1. The molecule has 1 atom stereocenters. The molecule has 1 aromatic rings. The molecule has 1 aromatic heterocycles. The molecule has 1 unspecified atom stereocenters. The Morgan fingerprint density at radius 2 is 2.50 bits per heavy atom. The number of hydrogen-bond acceptors (Lipinski definition) is 4. The Morgan fingerprint density at radius 3 is 3.07 bits per heavy atom.